The first-order valence-corrected chi connectivity index (χ1v) is 16.1. The number of carbonyl (C=O) groups excluding carboxylic acids is 1. The number of nitrogens with zero attached hydrogens (tertiary/aromatic N) is 1. The summed E-state index contributed by atoms with van der Waals surface area (Å²) in [6.45, 7) is 2.34. The van der Waals surface area contributed by atoms with Gasteiger partial charge in [0, 0.05) is 11.8 Å². The van der Waals surface area contributed by atoms with E-state index in [1.165, 1.54) is 27.2 Å². The molecule has 1 aliphatic rings. The molecule has 0 saturated carbocycles. The Hall–Kier alpha value is -2.41. The van der Waals surface area contributed by atoms with E-state index in [1.807, 2.05) is 31.2 Å². The molecule has 0 amide bonds. The van der Waals surface area contributed by atoms with E-state index in [4.69, 9.17) is 0 Å². The molecular formula is C32H39NO3S2. The van der Waals surface area contributed by atoms with Crippen LogP contribution in [0.15, 0.2) is 89.8 Å². The summed E-state index contributed by atoms with van der Waals surface area (Å²) in [7, 11) is -3.72. The molecule has 1 saturated heterocycles. The van der Waals surface area contributed by atoms with Crippen LogP contribution in [-0.2, 0) is 27.7 Å². The molecule has 1 fully saturated rings. The fraction of sp³-hybridized carbons (Fsp3) is 0.406. The number of carbonyl (C=O) groups is 1. The number of thioether (sulfide) groups is 1. The van der Waals surface area contributed by atoms with E-state index in [1.54, 1.807) is 12.1 Å². The maximum Gasteiger partial charge on any atom is 0.243 e. The van der Waals surface area contributed by atoms with Crippen molar-refractivity contribution in [2.45, 2.75) is 80.9 Å². The van der Waals surface area contributed by atoms with Crippen LogP contribution in [0.4, 0.5) is 0 Å². The molecule has 1 atom stereocenters. The van der Waals surface area contributed by atoms with Crippen LogP contribution in [0.2, 0.25) is 0 Å². The molecular weight excluding hydrogens is 510 g/mol. The van der Waals surface area contributed by atoms with E-state index in [-0.39, 0.29) is 15.3 Å². The smallest absolute Gasteiger partial charge is 0.243 e. The lowest BCUT2D eigenvalue weighted by Gasteiger charge is -2.34. The lowest BCUT2D eigenvalue weighted by molar-refractivity contribution is -0.115. The van der Waals surface area contributed by atoms with Crippen LogP contribution in [0.25, 0.3) is 0 Å². The minimum Gasteiger partial charge on any atom is -0.285 e. The Morgan fingerprint density at radius 3 is 1.95 bits per heavy atom. The van der Waals surface area contributed by atoms with Crippen molar-refractivity contribution in [3.05, 3.63) is 102 Å². The van der Waals surface area contributed by atoms with Crippen molar-refractivity contribution in [3.63, 3.8) is 0 Å². The molecule has 3 aromatic carbocycles. The third-order valence-electron chi connectivity index (χ3n) is 7.30. The summed E-state index contributed by atoms with van der Waals surface area (Å²) in [5.41, 5.74) is 3.64. The lowest BCUT2D eigenvalue weighted by Crippen LogP contribution is -2.47. The Morgan fingerprint density at radius 1 is 0.842 bits per heavy atom. The van der Waals surface area contributed by atoms with Gasteiger partial charge in [-0.2, -0.15) is 4.31 Å². The minimum absolute atomic E-state index is 0.00445. The molecule has 0 radical (unpaired) electrons. The lowest BCUT2D eigenvalue weighted by atomic mass is 10.0. The van der Waals surface area contributed by atoms with Gasteiger partial charge in [0.25, 0.3) is 0 Å². The van der Waals surface area contributed by atoms with Crippen LogP contribution in [0.5, 0.6) is 0 Å². The molecule has 1 heterocycles. The first kappa shape index (κ1) is 28.6. The SMILES string of the molecule is Cc1ccc(S(=O)(=O)N2CCCCC2C(=O)SC(CCCc2ccccc2)CCCc2ccccc2)cc1. The summed E-state index contributed by atoms with van der Waals surface area (Å²) in [6.07, 6.45) is 8.14. The van der Waals surface area contributed by atoms with Gasteiger partial charge in [-0.3, -0.25) is 4.79 Å². The number of hydrogen-bond donors (Lipinski definition) is 0. The molecule has 6 heteroatoms. The molecule has 3 aromatic rings. The molecule has 4 nitrogen and oxygen atoms in total. The summed E-state index contributed by atoms with van der Waals surface area (Å²) in [6, 6.07) is 27.3. The van der Waals surface area contributed by atoms with E-state index in [0.717, 1.165) is 56.9 Å². The van der Waals surface area contributed by atoms with Gasteiger partial charge in [0.2, 0.25) is 15.1 Å². The van der Waals surface area contributed by atoms with Gasteiger partial charge in [-0.15, -0.1) is 0 Å². The predicted molar refractivity (Wildman–Crippen MR) is 158 cm³/mol. The fourth-order valence-electron chi connectivity index (χ4n) is 5.14. The highest BCUT2D eigenvalue weighted by Crippen LogP contribution is 2.32. The molecule has 202 valence electrons. The van der Waals surface area contributed by atoms with E-state index in [9.17, 15) is 13.2 Å². The van der Waals surface area contributed by atoms with Gasteiger partial charge >= 0.3 is 0 Å². The van der Waals surface area contributed by atoms with Gasteiger partial charge in [0.05, 0.1) is 10.9 Å². The van der Waals surface area contributed by atoms with Gasteiger partial charge in [0.1, 0.15) is 0 Å². The van der Waals surface area contributed by atoms with Gasteiger partial charge in [0.15, 0.2) is 0 Å². The number of hydrogen-bond acceptors (Lipinski definition) is 4. The quantitative estimate of drug-likeness (QED) is 0.239. The molecule has 1 unspecified atom stereocenters. The topological polar surface area (TPSA) is 54.5 Å². The van der Waals surface area contributed by atoms with E-state index in [2.05, 4.69) is 48.5 Å². The third kappa shape index (κ3) is 8.05. The number of sulfonamides is 1. The number of piperidine rings is 1. The Balaban J connectivity index is 1.43. The molecule has 0 aromatic heterocycles. The Bertz CT molecular complexity index is 1200. The van der Waals surface area contributed by atoms with Crippen molar-refractivity contribution in [2.24, 2.45) is 0 Å². The van der Waals surface area contributed by atoms with Gasteiger partial charge in [-0.1, -0.05) is 96.5 Å². The first-order valence-electron chi connectivity index (χ1n) is 13.8. The van der Waals surface area contributed by atoms with Crippen LogP contribution in [-0.4, -0.2) is 35.7 Å². The average Bonchev–Trinajstić information content (AvgIpc) is 2.94. The Kier molecular flexibility index (Phi) is 10.6. The molecule has 0 N–H and O–H groups in total. The summed E-state index contributed by atoms with van der Waals surface area (Å²) in [5.74, 6) is 0. The highest BCUT2D eigenvalue weighted by molar-refractivity contribution is 8.14. The highest BCUT2D eigenvalue weighted by Gasteiger charge is 2.38. The standard InChI is InChI=1S/C32H39NO3S2/c1-26-21-23-30(24-22-26)38(35,36)33-25-9-8-20-31(33)32(34)37-29(18-10-16-27-12-4-2-5-13-27)19-11-17-28-14-6-3-7-15-28/h2-7,12-15,21-24,29,31H,8-11,16-20,25H2,1H3. The number of rotatable bonds is 12. The zero-order valence-corrected chi connectivity index (χ0v) is 23.9. The largest absolute Gasteiger partial charge is 0.285 e. The second kappa shape index (κ2) is 14.1. The third-order valence-corrected chi connectivity index (χ3v) is 10.5. The summed E-state index contributed by atoms with van der Waals surface area (Å²) in [5, 5.41) is 0.186. The molecule has 0 aliphatic carbocycles. The van der Waals surface area contributed by atoms with Gasteiger partial charge in [-0.05, 0) is 81.5 Å². The van der Waals surface area contributed by atoms with Crippen LogP contribution >= 0.6 is 11.8 Å². The van der Waals surface area contributed by atoms with E-state index < -0.39 is 16.1 Å². The zero-order chi connectivity index (χ0) is 26.8. The maximum atomic E-state index is 13.7. The van der Waals surface area contributed by atoms with Crippen LogP contribution in [0.3, 0.4) is 0 Å². The van der Waals surface area contributed by atoms with Crippen LogP contribution in [0, 0.1) is 6.92 Å². The summed E-state index contributed by atoms with van der Waals surface area (Å²) in [4.78, 5) is 13.9. The van der Waals surface area contributed by atoms with Crippen LogP contribution in [0.1, 0.15) is 61.6 Å². The summed E-state index contributed by atoms with van der Waals surface area (Å²) >= 11 is 1.39. The van der Waals surface area contributed by atoms with E-state index in [0.29, 0.717) is 13.0 Å². The monoisotopic (exact) mass is 549 g/mol. The van der Waals surface area contributed by atoms with Crippen molar-refractivity contribution < 1.29 is 13.2 Å². The van der Waals surface area contributed by atoms with Crippen LogP contribution < -0.4 is 0 Å². The second-order valence-corrected chi connectivity index (χ2v) is 13.5. The summed E-state index contributed by atoms with van der Waals surface area (Å²) < 4.78 is 28.5. The molecule has 1 aliphatic heterocycles. The van der Waals surface area contributed by atoms with Crippen molar-refractivity contribution in [2.75, 3.05) is 6.54 Å². The van der Waals surface area contributed by atoms with Crippen molar-refractivity contribution in [1.82, 2.24) is 4.31 Å². The normalized spacial score (nSPS) is 16.5. The highest BCUT2D eigenvalue weighted by atomic mass is 32.2. The maximum absolute atomic E-state index is 13.7. The van der Waals surface area contributed by atoms with Gasteiger partial charge in [-0.25, -0.2) is 8.42 Å². The average molecular weight is 550 g/mol. The van der Waals surface area contributed by atoms with Crippen molar-refractivity contribution >= 4 is 26.9 Å². The number of aryl methyl sites for hydroxylation is 3. The molecule has 0 spiro atoms. The van der Waals surface area contributed by atoms with Crippen molar-refractivity contribution in [1.29, 1.82) is 0 Å². The zero-order valence-electron chi connectivity index (χ0n) is 22.3. The predicted octanol–water partition coefficient (Wildman–Crippen LogP) is 7.21. The van der Waals surface area contributed by atoms with Gasteiger partial charge < -0.3 is 0 Å². The fourth-order valence-corrected chi connectivity index (χ4v) is 8.16. The Labute approximate surface area is 232 Å². The van der Waals surface area contributed by atoms with E-state index >= 15 is 0 Å². The van der Waals surface area contributed by atoms with Crippen molar-refractivity contribution in [3.8, 4) is 0 Å². The second-order valence-electron chi connectivity index (χ2n) is 10.3. The molecule has 0 bridgehead atoms. The minimum atomic E-state index is -3.72. The number of benzene rings is 3. The molecule has 4 rings (SSSR count). The molecule has 38 heavy (non-hydrogen) atoms. The first-order chi connectivity index (χ1) is 18.4. The Morgan fingerprint density at radius 2 is 1.39 bits per heavy atom.